The molecule has 0 spiro atoms. The summed E-state index contributed by atoms with van der Waals surface area (Å²) < 4.78 is 0. The van der Waals surface area contributed by atoms with Crippen molar-refractivity contribution in [2.24, 2.45) is 0 Å². The van der Waals surface area contributed by atoms with Gasteiger partial charge in [-0.2, -0.15) is 0 Å². The Morgan fingerprint density at radius 2 is 1.73 bits per heavy atom. The van der Waals surface area contributed by atoms with E-state index in [2.05, 4.69) is 47.6 Å². The van der Waals surface area contributed by atoms with E-state index in [9.17, 15) is 15.0 Å². The van der Waals surface area contributed by atoms with Gasteiger partial charge in [-0.1, -0.05) is 47.6 Å². The van der Waals surface area contributed by atoms with Gasteiger partial charge in [-0.3, -0.25) is 0 Å². The molecule has 4 nitrogen and oxygen atoms in total. The lowest BCUT2D eigenvalue weighted by Gasteiger charge is -2.27. The van der Waals surface area contributed by atoms with Crippen LogP contribution >= 0.6 is 0 Å². The third kappa shape index (κ3) is 4.47. The van der Waals surface area contributed by atoms with Crippen molar-refractivity contribution in [1.29, 1.82) is 0 Å². The smallest absolute Gasteiger partial charge is 0.128 e. The SMILES string of the molecule is C[C@H]([NH2+]Cc1cc(C(C)(C)C)cc(C(C)(C)C)c1O)C(=O)[O-]. The molecular weight excluding hydrogens is 278 g/mol. The number of carboxylic acid groups (broad SMARTS) is 1. The van der Waals surface area contributed by atoms with Gasteiger partial charge in [0.25, 0.3) is 0 Å². The van der Waals surface area contributed by atoms with Crippen molar-refractivity contribution in [2.45, 2.75) is 71.9 Å². The zero-order valence-corrected chi connectivity index (χ0v) is 14.8. The summed E-state index contributed by atoms with van der Waals surface area (Å²) in [5, 5.41) is 23.1. The zero-order chi connectivity index (χ0) is 17.3. The fraction of sp³-hybridized carbons (Fsp3) is 0.611. The number of carboxylic acids is 1. The Bertz CT molecular complexity index is 551. The number of phenols is 1. The van der Waals surface area contributed by atoms with Crippen LogP contribution in [-0.2, 0) is 22.2 Å². The summed E-state index contributed by atoms with van der Waals surface area (Å²) in [4.78, 5) is 10.9. The van der Waals surface area contributed by atoms with Gasteiger partial charge in [0, 0.05) is 11.1 Å². The van der Waals surface area contributed by atoms with Crippen molar-refractivity contribution in [3.8, 4) is 5.75 Å². The number of benzene rings is 1. The van der Waals surface area contributed by atoms with Crippen LogP contribution in [0.4, 0.5) is 0 Å². The van der Waals surface area contributed by atoms with Crippen molar-refractivity contribution < 1.29 is 20.3 Å². The van der Waals surface area contributed by atoms with E-state index in [0.717, 1.165) is 16.7 Å². The fourth-order valence-electron chi connectivity index (χ4n) is 2.25. The molecule has 1 aromatic rings. The third-order valence-electron chi connectivity index (χ3n) is 3.93. The predicted octanol–water partition coefficient (Wildman–Crippen LogP) is 1.19. The summed E-state index contributed by atoms with van der Waals surface area (Å²) in [5.41, 5.74) is 2.58. The van der Waals surface area contributed by atoms with Crippen LogP contribution in [0.15, 0.2) is 12.1 Å². The molecule has 0 aromatic heterocycles. The van der Waals surface area contributed by atoms with Gasteiger partial charge in [-0.15, -0.1) is 0 Å². The Kier molecular flexibility index (Phi) is 5.29. The number of carbonyl (C=O) groups excluding carboxylic acids is 1. The highest BCUT2D eigenvalue weighted by Gasteiger charge is 2.25. The van der Waals surface area contributed by atoms with E-state index in [1.165, 1.54) is 0 Å². The first-order valence-electron chi connectivity index (χ1n) is 7.75. The lowest BCUT2D eigenvalue weighted by atomic mass is 9.79. The van der Waals surface area contributed by atoms with Gasteiger partial charge in [0.2, 0.25) is 0 Å². The minimum atomic E-state index is -1.09. The Hall–Kier alpha value is -1.55. The maximum absolute atomic E-state index is 10.9. The second-order valence-corrected chi connectivity index (χ2v) is 8.08. The summed E-state index contributed by atoms with van der Waals surface area (Å²) in [6, 6.07) is 3.39. The molecule has 1 atom stereocenters. The molecule has 4 heteroatoms. The van der Waals surface area contributed by atoms with Gasteiger partial charge in [0.05, 0.1) is 5.97 Å². The average Bonchev–Trinajstić information content (AvgIpc) is 2.33. The summed E-state index contributed by atoms with van der Waals surface area (Å²) >= 11 is 0. The number of carbonyl (C=O) groups is 1. The number of phenolic OH excluding ortho intramolecular Hbond substituents is 1. The van der Waals surface area contributed by atoms with E-state index < -0.39 is 12.0 Å². The number of rotatable bonds is 4. The number of hydrogen-bond donors (Lipinski definition) is 2. The summed E-state index contributed by atoms with van der Waals surface area (Å²) in [5.74, 6) is -0.829. The van der Waals surface area contributed by atoms with Crippen molar-refractivity contribution in [2.75, 3.05) is 0 Å². The fourth-order valence-corrected chi connectivity index (χ4v) is 2.25. The Morgan fingerprint density at radius 1 is 1.18 bits per heavy atom. The molecule has 3 N–H and O–H groups in total. The molecule has 0 aliphatic heterocycles. The Balaban J connectivity index is 3.28. The van der Waals surface area contributed by atoms with Crippen LogP contribution in [-0.4, -0.2) is 17.1 Å². The van der Waals surface area contributed by atoms with Crippen molar-refractivity contribution in [3.63, 3.8) is 0 Å². The van der Waals surface area contributed by atoms with E-state index in [-0.39, 0.29) is 16.6 Å². The number of nitrogens with two attached hydrogens (primary N) is 1. The maximum atomic E-state index is 10.9. The number of aromatic hydroxyl groups is 1. The van der Waals surface area contributed by atoms with Crippen LogP contribution < -0.4 is 10.4 Å². The van der Waals surface area contributed by atoms with Crippen LogP contribution in [0.1, 0.15) is 65.2 Å². The second-order valence-electron chi connectivity index (χ2n) is 8.08. The van der Waals surface area contributed by atoms with Crippen LogP contribution in [0.3, 0.4) is 0 Å². The normalized spacial score (nSPS) is 14.0. The highest BCUT2D eigenvalue weighted by atomic mass is 16.4. The molecule has 0 aliphatic carbocycles. The largest absolute Gasteiger partial charge is 0.544 e. The van der Waals surface area contributed by atoms with Crippen molar-refractivity contribution in [3.05, 3.63) is 28.8 Å². The molecule has 124 valence electrons. The molecule has 0 unspecified atom stereocenters. The summed E-state index contributed by atoms with van der Waals surface area (Å²) in [7, 11) is 0. The molecule has 1 rings (SSSR count). The molecule has 0 aliphatic rings. The van der Waals surface area contributed by atoms with E-state index in [4.69, 9.17) is 0 Å². The maximum Gasteiger partial charge on any atom is 0.128 e. The average molecular weight is 307 g/mol. The third-order valence-corrected chi connectivity index (χ3v) is 3.93. The molecule has 1 aromatic carbocycles. The van der Waals surface area contributed by atoms with Gasteiger partial charge >= 0.3 is 0 Å². The van der Waals surface area contributed by atoms with Crippen LogP contribution in [0, 0.1) is 0 Å². The zero-order valence-electron chi connectivity index (χ0n) is 14.8. The van der Waals surface area contributed by atoms with E-state index in [0.29, 0.717) is 6.54 Å². The van der Waals surface area contributed by atoms with Crippen LogP contribution in [0.25, 0.3) is 0 Å². The molecule has 0 heterocycles. The monoisotopic (exact) mass is 307 g/mol. The lowest BCUT2D eigenvalue weighted by molar-refractivity contribution is -0.695. The highest BCUT2D eigenvalue weighted by Crippen LogP contribution is 2.37. The second kappa shape index (κ2) is 6.29. The van der Waals surface area contributed by atoms with Crippen molar-refractivity contribution in [1.82, 2.24) is 0 Å². The number of hydrogen-bond acceptors (Lipinski definition) is 3. The Labute approximate surface area is 133 Å². The molecule has 0 fully saturated rings. The van der Waals surface area contributed by atoms with Gasteiger partial charge in [0.1, 0.15) is 18.3 Å². The standard InChI is InChI=1S/C18H29NO3/c1-11(16(21)22)19-10-12-8-13(17(2,3)4)9-14(15(12)20)18(5,6)7/h8-9,11,19-20H,10H2,1-7H3,(H,21,22)/t11-/m0/s1. The van der Waals surface area contributed by atoms with E-state index >= 15 is 0 Å². The van der Waals surface area contributed by atoms with Gasteiger partial charge < -0.3 is 20.3 Å². The first-order valence-corrected chi connectivity index (χ1v) is 7.75. The molecule has 22 heavy (non-hydrogen) atoms. The van der Waals surface area contributed by atoms with Crippen molar-refractivity contribution >= 4 is 5.97 Å². The van der Waals surface area contributed by atoms with Crippen LogP contribution in [0.5, 0.6) is 5.75 Å². The molecule has 0 radical (unpaired) electrons. The molecule has 0 amide bonds. The van der Waals surface area contributed by atoms with E-state index in [1.54, 1.807) is 12.2 Å². The minimum Gasteiger partial charge on any atom is -0.544 e. The summed E-state index contributed by atoms with van der Waals surface area (Å²) in [6.45, 7) is 14.6. The molecule has 0 bridgehead atoms. The molecule has 0 saturated heterocycles. The molecular formula is C18H29NO3. The minimum absolute atomic E-state index is 0.0393. The summed E-state index contributed by atoms with van der Waals surface area (Å²) in [6.07, 6.45) is 0. The number of quaternary nitrogens is 1. The van der Waals surface area contributed by atoms with Gasteiger partial charge in [-0.25, -0.2) is 0 Å². The van der Waals surface area contributed by atoms with E-state index in [1.807, 2.05) is 6.07 Å². The topological polar surface area (TPSA) is 77.0 Å². The van der Waals surface area contributed by atoms with Gasteiger partial charge in [0.15, 0.2) is 0 Å². The highest BCUT2D eigenvalue weighted by molar-refractivity contribution is 5.68. The number of aliphatic carboxylic acids is 1. The lowest BCUT2D eigenvalue weighted by Crippen LogP contribution is -2.90. The first kappa shape index (κ1) is 18.5. The predicted molar refractivity (Wildman–Crippen MR) is 85.6 cm³/mol. The quantitative estimate of drug-likeness (QED) is 0.877. The molecule has 0 saturated carbocycles. The first-order chi connectivity index (χ1) is 9.84. The Morgan fingerprint density at radius 3 is 2.14 bits per heavy atom. The van der Waals surface area contributed by atoms with Crippen LogP contribution in [0.2, 0.25) is 0 Å². The van der Waals surface area contributed by atoms with Gasteiger partial charge in [-0.05, 0) is 29.4 Å².